The molecule has 1 aromatic heterocycles. The fourth-order valence-corrected chi connectivity index (χ4v) is 2.39. The number of hydrogen-bond acceptors (Lipinski definition) is 1. The number of fused-ring (bicyclic) bond motifs is 1. The Morgan fingerprint density at radius 1 is 1.33 bits per heavy atom. The fraction of sp³-hybridized carbons (Fsp3) is 0.182. The maximum absolute atomic E-state index is 2.28. The lowest BCUT2D eigenvalue weighted by Crippen LogP contribution is -1.73. The van der Waals surface area contributed by atoms with Gasteiger partial charge < -0.3 is 0 Å². The van der Waals surface area contributed by atoms with Crippen LogP contribution in [0.1, 0.15) is 18.2 Å². The van der Waals surface area contributed by atoms with Crippen LogP contribution in [-0.2, 0) is 0 Å². The minimum absolute atomic E-state index is 1.12. The monoisotopic (exact) mass is 175 g/mol. The fourth-order valence-electron chi connectivity index (χ4n) is 1.36. The molecule has 0 N–H and O–H groups in total. The Labute approximate surface area is 76.8 Å². The van der Waals surface area contributed by atoms with Crippen molar-refractivity contribution >= 4 is 22.1 Å². The van der Waals surface area contributed by atoms with Crippen LogP contribution in [0.2, 0.25) is 0 Å². The molecule has 0 aliphatic rings. The van der Waals surface area contributed by atoms with Gasteiger partial charge in [0.2, 0.25) is 0 Å². The first-order valence-electron chi connectivity index (χ1n) is 4.21. The number of hydrogen-bond donors (Lipinski definition) is 0. The lowest BCUT2D eigenvalue weighted by molar-refractivity contribution is 1.14. The molecule has 12 heavy (non-hydrogen) atoms. The Bertz CT molecular complexity index is 373. The molecule has 0 nitrogen and oxygen atoms in total. The van der Waals surface area contributed by atoms with Gasteiger partial charge in [0.05, 0.1) is 0 Å². The van der Waals surface area contributed by atoms with Crippen molar-refractivity contribution in [2.45, 2.75) is 13.3 Å². The highest BCUT2D eigenvalue weighted by atomic mass is 32.1. The first-order chi connectivity index (χ1) is 5.92. The molecular weight excluding hydrogens is 164 g/mol. The average Bonchev–Trinajstić information content (AvgIpc) is 2.50. The van der Waals surface area contributed by atoms with Gasteiger partial charge in [-0.25, -0.2) is 0 Å². The van der Waals surface area contributed by atoms with Crippen molar-refractivity contribution in [3.05, 3.63) is 40.9 Å². The van der Waals surface area contributed by atoms with E-state index in [0.29, 0.717) is 0 Å². The Morgan fingerprint density at radius 3 is 3.00 bits per heavy atom. The van der Waals surface area contributed by atoms with Crippen molar-refractivity contribution in [1.29, 1.82) is 0 Å². The van der Waals surface area contributed by atoms with Crippen molar-refractivity contribution in [3.63, 3.8) is 0 Å². The standard InChI is InChI=1S/C11H11S/c1-2-5-11-10-7-4-3-6-9(10)8-12-11/h3-8H,2H2,1H3. The molecule has 2 aromatic rings. The molecule has 61 valence electrons. The third kappa shape index (κ3) is 1.25. The number of thiophene rings is 1. The summed E-state index contributed by atoms with van der Waals surface area (Å²) in [5.41, 5.74) is 0. The van der Waals surface area contributed by atoms with E-state index >= 15 is 0 Å². The van der Waals surface area contributed by atoms with Gasteiger partial charge in [0.25, 0.3) is 0 Å². The van der Waals surface area contributed by atoms with Crippen molar-refractivity contribution in [1.82, 2.24) is 0 Å². The molecule has 0 bridgehead atoms. The van der Waals surface area contributed by atoms with E-state index in [1.807, 2.05) is 11.3 Å². The Hall–Kier alpha value is -0.820. The maximum atomic E-state index is 2.28. The van der Waals surface area contributed by atoms with Crippen molar-refractivity contribution < 1.29 is 0 Å². The van der Waals surface area contributed by atoms with Gasteiger partial charge in [0.15, 0.2) is 0 Å². The van der Waals surface area contributed by atoms with Gasteiger partial charge in [-0.05, 0) is 22.6 Å². The van der Waals surface area contributed by atoms with E-state index in [1.54, 1.807) is 0 Å². The molecule has 0 saturated heterocycles. The lowest BCUT2D eigenvalue weighted by atomic mass is 10.1. The van der Waals surface area contributed by atoms with Gasteiger partial charge in [-0.3, -0.25) is 0 Å². The van der Waals surface area contributed by atoms with E-state index < -0.39 is 0 Å². The summed E-state index contributed by atoms with van der Waals surface area (Å²) in [7, 11) is 0. The average molecular weight is 175 g/mol. The molecule has 1 aromatic carbocycles. The van der Waals surface area contributed by atoms with Gasteiger partial charge in [-0.2, -0.15) is 0 Å². The topological polar surface area (TPSA) is 0 Å². The Kier molecular flexibility index (Phi) is 2.13. The SMILES string of the molecule is CC[CH]c1scc2ccccc12. The highest BCUT2D eigenvalue weighted by molar-refractivity contribution is 7.11. The summed E-state index contributed by atoms with van der Waals surface area (Å²) in [4.78, 5) is 1.41. The molecule has 1 radical (unpaired) electrons. The van der Waals surface area contributed by atoms with Gasteiger partial charge in [0.1, 0.15) is 0 Å². The normalized spacial score (nSPS) is 10.8. The van der Waals surface area contributed by atoms with Crippen LogP contribution < -0.4 is 0 Å². The molecule has 2 rings (SSSR count). The van der Waals surface area contributed by atoms with Crippen LogP contribution in [-0.4, -0.2) is 0 Å². The summed E-state index contributed by atoms with van der Waals surface area (Å²) in [5, 5.41) is 4.98. The minimum Gasteiger partial charge on any atom is -0.147 e. The molecule has 0 unspecified atom stereocenters. The second-order valence-electron chi connectivity index (χ2n) is 2.80. The van der Waals surface area contributed by atoms with Gasteiger partial charge in [-0.15, -0.1) is 11.3 Å². The van der Waals surface area contributed by atoms with Gasteiger partial charge in [0, 0.05) is 11.3 Å². The van der Waals surface area contributed by atoms with E-state index in [0.717, 1.165) is 6.42 Å². The largest absolute Gasteiger partial charge is 0.147 e. The zero-order valence-corrected chi connectivity index (χ0v) is 7.90. The summed E-state index contributed by atoms with van der Waals surface area (Å²) in [5.74, 6) is 0. The Morgan fingerprint density at radius 2 is 2.17 bits per heavy atom. The van der Waals surface area contributed by atoms with Gasteiger partial charge in [-0.1, -0.05) is 31.2 Å². The summed E-state index contributed by atoms with van der Waals surface area (Å²) in [6.45, 7) is 2.18. The summed E-state index contributed by atoms with van der Waals surface area (Å²) < 4.78 is 0. The van der Waals surface area contributed by atoms with E-state index in [-0.39, 0.29) is 0 Å². The van der Waals surface area contributed by atoms with Crippen molar-refractivity contribution in [2.75, 3.05) is 0 Å². The molecule has 1 heterocycles. The van der Waals surface area contributed by atoms with Gasteiger partial charge >= 0.3 is 0 Å². The van der Waals surface area contributed by atoms with E-state index in [9.17, 15) is 0 Å². The zero-order chi connectivity index (χ0) is 8.39. The van der Waals surface area contributed by atoms with Crippen LogP contribution >= 0.6 is 11.3 Å². The van der Waals surface area contributed by atoms with Crippen LogP contribution in [0.4, 0.5) is 0 Å². The van der Waals surface area contributed by atoms with Crippen molar-refractivity contribution in [3.8, 4) is 0 Å². The predicted octanol–water partition coefficient (Wildman–Crippen LogP) is 3.86. The van der Waals surface area contributed by atoms with Crippen LogP contribution in [0.3, 0.4) is 0 Å². The third-order valence-electron chi connectivity index (χ3n) is 1.93. The molecule has 0 fully saturated rings. The second kappa shape index (κ2) is 3.28. The van der Waals surface area contributed by atoms with Crippen LogP contribution in [0.25, 0.3) is 10.8 Å². The maximum Gasteiger partial charge on any atom is 0.0161 e. The first-order valence-corrected chi connectivity index (χ1v) is 5.09. The minimum atomic E-state index is 1.12. The Balaban J connectivity index is 2.55. The summed E-state index contributed by atoms with van der Waals surface area (Å²) in [6, 6.07) is 8.54. The van der Waals surface area contributed by atoms with Crippen LogP contribution in [0, 0.1) is 6.42 Å². The summed E-state index contributed by atoms with van der Waals surface area (Å²) >= 11 is 1.83. The molecule has 0 spiro atoms. The zero-order valence-electron chi connectivity index (χ0n) is 7.08. The second-order valence-corrected chi connectivity index (χ2v) is 3.71. The molecule has 1 heteroatoms. The van der Waals surface area contributed by atoms with Crippen LogP contribution in [0.15, 0.2) is 29.6 Å². The molecule has 0 aliphatic heterocycles. The third-order valence-corrected chi connectivity index (χ3v) is 2.94. The first kappa shape index (κ1) is 7.81. The molecule has 0 amide bonds. The van der Waals surface area contributed by atoms with Crippen molar-refractivity contribution in [2.24, 2.45) is 0 Å². The number of rotatable bonds is 2. The van der Waals surface area contributed by atoms with E-state index in [4.69, 9.17) is 0 Å². The van der Waals surface area contributed by atoms with Crippen LogP contribution in [0.5, 0.6) is 0 Å². The highest BCUT2D eigenvalue weighted by Gasteiger charge is 2.00. The molecular formula is C11H11S. The summed E-state index contributed by atoms with van der Waals surface area (Å²) in [6.07, 6.45) is 3.40. The molecule has 0 aliphatic carbocycles. The lowest BCUT2D eigenvalue weighted by Gasteiger charge is -1.93. The van der Waals surface area contributed by atoms with E-state index in [1.165, 1.54) is 15.6 Å². The molecule has 0 saturated carbocycles. The van der Waals surface area contributed by atoms with E-state index in [2.05, 4.69) is 43.0 Å². The predicted molar refractivity (Wildman–Crippen MR) is 55.5 cm³/mol. The number of benzene rings is 1. The quantitative estimate of drug-likeness (QED) is 0.650. The highest BCUT2D eigenvalue weighted by Crippen LogP contribution is 2.27. The smallest absolute Gasteiger partial charge is 0.0161 e. The molecule has 0 atom stereocenters.